The van der Waals surface area contributed by atoms with Gasteiger partial charge in [-0.25, -0.2) is 9.37 Å². The Morgan fingerprint density at radius 2 is 2.12 bits per heavy atom. The molecule has 1 heterocycles. The summed E-state index contributed by atoms with van der Waals surface area (Å²) in [7, 11) is 3.95. The molecule has 0 unspecified atom stereocenters. The van der Waals surface area contributed by atoms with Crippen LogP contribution in [-0.2, 0) is 6.54 Å². The van der Waals surface area contributed by atoms with Gasteiger partial charge < -0.3 is 15.4 Å². The molecule has 0 radical (unpaired) electrons. The summed E-state index contributed by atoms with van der Waals surface area (Å²) in [4.78, 5) is 5.97. The van der Waals surface area contributed by atoms with E-state index in [1.807, 2.05) is 14.1 Å². The number of likely N-dealkylation sites (N-methyl/N-ethyl adjacent to an activating group) is 1. The van der Waals surface area contributed by atoms with Crippen LogP contribution in [0.4, 0.5) is 4.39 Å². The molecule has 5 heteroatoms. The van der Waals surface area contributed by atoms with Crippen LogP contribution in [0.15, 0.2) is 12.3 Å². The van der Waals surface area contributed by atoms with Crippen molar-refractivity contribution in [3.63, 3.8) is 0 Å². The molecule has 4 nitrogen and oxygen atoms in total. The van der Waals surface area contributed by atoms with Gasteiger partial charge in [-0.3, -0.25) is 0 Å². The van der Waals surface area contributed by atoms with Crippen molar-refractivity contribution in [1.29, 1.82) is 0 Å². The molecule has 0 saturated carbocycles. The minimum atomic E-state index is -0.398. The van der Waals surface area contributed by atoms with Crippen molar-refractivity contribution in [1.82, 2.24) is 9.88 Å². The minimum absolute atomic E-state index is 0.123. The lowest BCUT2D eigenvalue weighted by molar-refractivity contribution is 0.110. The SMILES string of the molecule is CN(C)C(C)(C)COc1ncc(F)cc1CN. The summed E-state index contributed by atoms with van der Waals surface area (Å²) in [6.07, 6.45) is 1.14. The van der Waals surface area contributed by atoms with Crippen LogP contribution in [0, 0.1) is 5.82 Å². The van der Waals surface area contributed by atoms with Crippen LogP contribution in [0.1, 0.15) is 19.4 Å². The molecule has 0 amide bonds. The third kappa shape index (κ3) is 3.64. The Morgan fingerprint density at radius 1 is 1.47 bits per heavy atom. The van der Waals surface area contributed by atoms with Gasteiger partial charge in [-0.1, -0.05) is 0 Å². The van der Waals surface area contributed by atoms with Crippen LogP contribution in [-0.4, -0.2) is 36.1 Å². The number of pyridine rings is 1. The van der Waals surface area contributed by atoms with E-state index in [1.165, 1.54) is 6.07 Å². The Hall–Kier alpha value is -1.20. The number of nitrogens with two attached hydrogens (primary N) is 1. The van der Waals surface area contributed by atoms with Crippen LogP contribution in [0.3, 0.4) is 0 Å². The lowest BCUT2D eigenvalue weighted by Gasteiger charge is -2.32. The molecule has 0 aliphatic heterocycles. The fraction of sp³-hybridized carbons (Fsp3) is 0.583. The summed E-state index contributed by atoms with van der Waals surface area (Å²) >= 11 is 0. The first kappa shape index (κ1) is 13.9. The second kappa shape index (κ2) is 5.42. The van der Waals surface area contributed by atoms with Gasteiger partial charge in [-0.15, -0.1) is 0 Å². The highest BCUT2D eigenvalue weighted by Gasteiger charge is 2.22. The number of ether oxygens (including phenoxy) is 1. The molecule has 0 saturated heterocycles. The predicted molar refractivity (Wildman–Crippen MR) is 65.3 cm³/mol. The molecule has 0 fully saturated rings. The number of halogens is 1. The van der Waals surface area contributed by atoms with Gasteiger partial charge in [0, 0.05) is 17.6 Å². The minimum Gasteiger partial charge on any atom is -0.475 e. The third-order valence-corrected chi connectivity index (χ3v) is 2.88. The van der Waals surface area contributed by atoms with E-state index >= 15 is 0 Å². The predicted octanol–water partition coefficient (Wildman–Crippen LogP) is 1.40. The van der Waals surface area contributed by atoms with E-state index in [0.717, 1.165) is 6.20 Å². The molecule has 1 rings (SSSR count). The topological polar surface area (TPSA) is 51.4 Å². The largest absolute Gasteiger partial charge is 0.475 e. The highest BCUT2D eigenvalue weighted by atomic mass is 19.1. The van der Waals surface area contributed by atoms with Crippen LogP contribution in [0.5, 0.6) is 5.88 Å². The van der Waals surface area contributed by atoms with E-state index in [1.54, 1.807) is 0 Å². The lowest BCUT2D eigenvalue weighted by Crippen LogP contribution is -2.43. The molecule has 0 spiro atoms. The zero-order valence-corrected chi connectivity index (χ0v) is 10.8. The molecule has 0 bridgehead atoms. The Morgan fingerprint density at radius 3 is 2.65 bits per heavy atom. The standard InChI is InChI=1S/C12H20FN3O/c1-12(2,16(3)4)8-17-11-9(6-14)5-10(13)7-15-11/h5,7H,6,8,14H2,1-4H3. The molecule has 0 aliphatic rings. The molecule has 2 N–H and O–H groups in total. The van der Waals surface area contributed by atoms with Crippen molar-refractivity contribution in [2.45, 2.75) is 25.9 Å². The van der Waals surface area contributed by atoms with E-state index in [0.29, 0.717) is 18.1 Å². The summed E-state index contributed by atoms with van der Waals surface area (Å²) in [6.45, 7) is 4.78. The lowest BCUT2D eigenvalue weighted by atomic mass is 10.1. The number of aromatic nitrogens is 1. The van der Waals surface area contributed by atoms with Gasteiger partial charge in [-0.05, 0) is 34.0 Å². The Bertz CT molecular complexity index is 380. The monoisotopic (exact) mass is 241 g/mol. The number of hydrogen-bond acceptors (Lipinski definition) is 4. The summed E-state index contributed by atoms with van der Waals surface area (Å²) in [5.41, 5.74) is 5.98. The highest BCUT2D eigenvalue weighted by Crippen LogP contribution is 2.18. The van der Waals surface area contributed by atoms with E-state index in [9.17, 15) is 4.39 Å². The molecule has 1 aromatic heterocycles. The van der Waals surface area contributed by atoms with Crippen LogP contribution < -0.4 is 10.5 Å². The van der Waals surface area contributed by atoms with E-state index in [2.05, 4.69) is 23.7 Å². The van der Waals surface area contributed by atoms with Crippen molar-refractivity contribution < 1.29 is 9.13 Å². The smallest absolute Gasteiger partial charge is 0.218 e. The second-order valence-corrected chi connectivity index (χ2v) is 4.82. The summed E-state index contributed by atoms with van der Waals surface area (Å²) in [6, 6.07) is 1.35. The highest BCUT2D eigenvalue weighted by molar-refractivity contribution is 5.25. The van der Waals surface area contributed by atoms with Gasteiger partial charge >= 0.3 is 0 Å². The Kier molecular flexibility index (Phi) is 4.42. The average molecular weight is 241 g/mol. The van der Waals surface area contributed by atoms with E-state index in [4.69, 9.17) is 10.5 Å². The van der Waals surface area contributed by atoms with Gasteiger partial charge in [-0.2, -0.15) is 0 Å². The van der Waals surface area contributed by atoms with Crippen molar-refractivity contribution in [3.05, 3.63) is 23.6 Å². The second-order valence-electron chi connectivity index (χ2n) is 4.82. The van der Waals surface area contributed by atoms with Gasteiger partial charge in [0.05, 0.1) is 6.20 Å². The molecule has 96 valence electrons. The van der Waals surface area contributed by atoms with Crippen molar-refractivity contribution in [3.8, 4) is 5.88 Å². The van der Waals surface area contributed by atoms with Gasteiger partial charge in [0.15, 0.2) is 0 Å². The van der Waals surface area contributed by atoms with Gasteiger partial charge in [0.25, 0.3) is 0 Å². The average Bonchev–Trinajstić information content (AvgIpc) is 2.27. The maximum absolute atomic E-state index is 13.0. The molecule has 1 aromatic rings. The van der Waals surface area contributed by atoms with Gasteiger partial charge in [0.2, 0.25) is 5.88 Å². The van der Waals surface area contributed by atoms with Crippen LogP contribution in [0.2, 0.25) is 0 Å². The molecule has 17 heavy (non-hydrogen) atoms. The summed E-state index contributed by atoms with van der Waals surface area (Å²) < 4.78 is 18.6. The first-order valence-corrected chi connectivity index (χ1v) is 5.51. The normalized spacial score (nSPS) is 11.9. The fourth-order valence-corrected chi connectivity index (χ4v) is 1.12. The Labute approximate surface area is 102 Å². The van der Waals surface area contributed by atoms with Crippen molar-refractivity contribution in [2.24, 2.45) is 5.73 Å². The molecule has 0 atom stereocenters. The number of hydrogen-bond donors (Lipinski definition) is 1. The quantitative estimate of drug-likeness (QED) is 0.846. The molecule has 0 aliphatic carbocycles. The summed E-state index contributed by atoms with van der Waals surface area (Å²) in [5.74, 6) is 0.00787. The Balaban J connectivity index is 2.76. The van der Waals surface area contributed by atoms with Crippen LogP contribution in [0.25, 0.3) is 0 Å². The first-order valence-electron chi connectivity index (χ1n) is 5.51. The zero-order valence-electron chi connectivity index (χ0n) is 10.8. The third-order valence-electron chi connectivity index (χ3n) is 2.88. The van der Waals surface area contributed by atoms with E-state index in [-0.39, 0.29) is 12.1 Å². The maximum atomic E-state index is 13.0. The van der Waals surface area contributed by atoms with Crippen molar-refractivity contribution in [2.75, 3.05) is 20.7 Å². The fourth-order valence-electron chi connectivity index (χ4n) is 1.12. The molecule has 0 aromatic carbocycles. The van der Waals surface area contributed by atoms with Crippen LogP contribution >= 0.6 is 0 Å². The van der Waals surface area contributed by atoms with Crippen molar-refractivity contribution >= 4 is 0 Å². The first-order chi connectivity index (χ1) is 7.86. The number of rotatable bonds is 5. The van der Waals surface area contributed by atoms with E-state index < -0.39 is 5.82 Å². The number of nitrogens with zero attached hydrogens (tertiary/aromatic N) is 2. The molecular formula is C12H20FN3O. The summed E-state index contributed by atoms with van der Waals surface area (Å²) in [5, 5.41) is 0. The van der Waals surface area contributed by atoms with Gasteiger partial charge in [0.1, 0.15) is 12.4 Å². The maximum Gasteiger partial charge on any atom is 0.218 e. The zero-order chi connectivity index (χ0) is 13.1. The molecular weight excluding hydrogens is 221 g/mol.